The van der Waals surface area contributed by atoms with Crippen LogP contribution in [0.15, 0.2) is 42.5 Å². The number of nitrogens with zero attached hydrogens (tertiary/aromatic N) is 3. The van der Waals surface area contributed by atoms with Crippen molar-refractivity contribution in [1.29, 1.82) is 5.26 Å². The van der Waals surface area contributed by atoms with Gasteiger partial charge in [0.25, 0.3) is 5.91 Å². The monoisotopic (exact) mass is 349 g/mol. The van der Waals surface area contributed by atoms with Crippen molar-refractivity contribution in [3.05, 3.63) is 53.6 Å². The molecule has 2 aliphatic heterocycles. The Bertz CT molecular complexity index is 875. The summed E-state index contributed by atoms with van der Waals surface area (Å²) in [5.74, 6) is 1.30. The van der Waals surface area contributed by atoms with Crippen LogP contribution < -0.4 is 14.4 Å². The number of amides is 1. The fourth-order valence-electron chi connectivity index (χ4n) is 3.42. The van der Waals surface area contributed by atoms with Crippen molar-refractivity contribution >= 4 is 11.6 Å². The van der Waals surface area contributed by atoms with E-state index in [4.69, 9.17) is 9.47 Å². The summed E-state index contributed by atoms with van der Waals surface area (Å²) in [5.41, 5.74) is 2.22. The van der Waals surface area contributed by atoms with E-state index >= 15 is 0 Å². The Morgan fingerprint density at radius 2 is 1.85 bits per heavy atom. The first-order valence-electron chi connectivity index (χ1n) is 8.69. The van der Waals surface area contributed by atoms with Crippen molar-refractivity contribution in [3.63, 3.8) is 0 Å². The van der Waals surface area contributed by atoms with Gasteiger partial charge in [-0.1, -0.05) is 12.1 Å². The quantitative estimate of drug-likeness (QED) is 0.834. The van der Waals surface area contributed by atoms with E-state index in [2.05, 4.69) is 11.0 Å². The maximum Gasteiger partial charge on any atom is 0.254 e. The number of rotatable bonds is 2. The number of anilines is 1. The summed E-state index contributed by atoms with van der Waals surface area (Å²) >= 11 is 0. The summed E-state index contributed by atoms with van der Waals surface area (Å²) in [7, 11) is 0. The van der Waals surface area contributed by atoms with Crippen molar-refractivity contribution in [1.82, 2.24) is 4.90 Å². The molecule has 6 nitrogen and oxygen atoms in total. The maximum absolute atomic E-state index is 12.9. The molecule has 0 radical (unpaired) electrons. The van der Waals surface area contributed by atoms with Crippen LogP contribution in [0.3, 0.4) is 0 Å². The molecular weight excluding hydrogens is 330 g/mol. The summed E-state index contributed by atoms with van der Waals surface area (Å²) in [6.07, 6.45) is 0.857. The van der Waals surface area contributed by atoms with Gasteiger partial charge in [0.1, 0.15) is 6.07 Å². The minimum absolute atomic E-state index is 0.00119. The van der Waals surface area contributed by atoms with Crippen LogP contribution in [0.25, 0.3) is 0 Å². The normalized spacial score (nSPS) is 16.1. The van der Waals surface area contributed by atoms with E-state index in [0.717, 1.165) is 18.7 Å². The van der Waals surface area contributed by atoms with Gasteiger partial charge in [-0.2, -0.15) is 5.26 Å². The average molecular weight is 349 g/mol. The Morgan fingerprint density at radius 1 is 1.00 bits per heavy atom. The Labute approximate surface area is 152 Å². The molecule has 26 heavy (non-hydrogen) atoms. The Kier molecular flexibility index (Phi) is 4.36. The van der Waals surface area contributed by atoms with Crippen molar-refractivity contribution in [2.75, 3.05) is 37.9 Å². The van der Waals surface area contributed by atoms with E-state index in [-0.39, 0.29) is 12.7 Å². The van der Waals surface area contributed by atoms with Crippen molar-refractivity contribution in [2.45, 2.75) is 6.42 Å². The smallest absolute Gasteiger partial charge is 0.254 e. The summed E-state index contributed by atoms with van der Waals surface area (Å²) in [6.45, 7) is 3.04. The van der Waals surface area contributed by atoms with E-state index in [9.17, 15) is 10.1 Å². The van der Waals surface area contributed by atoms with Crippen LogP contribution in [0.5, 0.6) is 11.5 Å². The second-order valence-electron chi connectivity index (χ2n) is 6.33. The molecule has 132 valence electrons. The topological polar surface area (TPSA) is 65.8 Å². The van der Waals surface area contributed by atoms with Crippen LogP contribution in [0.4, 0.5) is 5.69 Å². The Hall–Kier alpha value is -3.20. The third-order valence-corrected chi connectivity index (χ3v) is 4.77. The predicted molar refractivity (Wildman–Crippen MR) is 96.5 cm³/mol. The van der Waals surface area contributed by atoms with Gasteiger partial charge in [-0.05, 0) is 36.8 Å². The molecule has 0 unspecified atom stereocenters. The lowest BCUT2D eigenvalue weighted by molar-refractivity contribution is 0.0766. The van der Waals surface area contributed by atoms with Crippen LogP contribution in [-0.2, 0) is 0 Å². The van der Waals surface area contributed by atoms with Crippen LogP contribution in [0, 0.1) is 11.3 Å². The second-order valence-corrected chi connectivity index (χ2v) is 6.33. The Balaban J connectivity index is 1.48. The van der Waals surface area contributed by atoms with Crippen LogP contribution in [0.1, 0.15) is 22.3 Å². The minimum Gasteiger partial charge on any atom is -0.454 e. The first-order chi connectivity index (χ1) is 12.8. The number of carbonyl (C=O) groups excluding carboxylic acids is 1. The lowest BCUT2D eigenvalue weighted by atomic mass is 10.1. The zero-order valence-electron chi connectivity index (χ0n) is 14.4. The van der Waals surface area contributed by atoms with E-state index < -0.39 is 0 Å². The standard InChI is InChI=1S/C20H19N3O3/c21-13-16-4-1-2-5-17(16)22-8-3-9-23(11-10-22)20(24)15-6-7-18-19(12-15)26-14-25-18/h1-2,4-7,12H,3,8-11,14H2. The molecule has 2 aliphatic rings. The molecule has 0 aromatic heterocycles. The molecule has 2 aromatic carbocycles. The molecule has 1 fully saturated rings. The highest BCUT2D eigenvalue weighted by Gasteiger charge is 2.23. The molecule has 2 heterocycles. The predicted octanol–water partition coefficient (Wildman–Crippen LogP) is 2.64. The van der Waals surface area contributed by atoms with E-state index in [1.54, 1.807) is 18.2 Å². The number of ether oxygens (including phenoxy) is 2. The maximum atomic E-state index is 12.9. The molecule has 0 bridgehead atoms. The third kappa shape index (κ3) is 3.04. The highest BCUT2D eigenvalue weighted by Crippen LogP contribution is 2.33. The average Bonchev–Trinajstić information content (AvgIpc) is 3.02. The Morgan fingerprint density at radius 3 is 2.73 bits per heavy atom. The van der Waals surface area contributed by atoms with Gasteiger partial charge < -0.3 is 19.3 Å². The third-order valence-electron chi connectivity index (χ3n) is 4.77. The molecular formula is C20H19N3O3. The highest BCUT2D eigenvalue weighted by molar-refractivity contribution is 5.95. The van der Waals surface area contributed by atoms with Gasteiger partial charge in [-0.25, -0.2) is 0 Å². The first kappa shape index (κ1) is 16.3. The summed E-state index contributed by atoms with van der Waals surface area (Å²) in [4.78, 5) is 16.9. The SMILES string of the molecule is N#Cc1ccccc1N1CCCN(C(=O)c2ccc3c(c2)OCO3)CC1. The molecule has 4 rings (SSSR count). The number of hydrogen-bond donors (Lipinski definition) is 0. The van der Waals surface area contributed by atoms with Gasteiger partial charge in [0.05, 0.1) is 11.3 Å². The van der Waals surface area contributed by atoms with Crippen molar-refractivity contribution in [2.24, 2.45) is 0 Å². The molecule has 0 saturated carbocycles. The molecule has 0 N–H and O–H groups in total. The minimum atomic E-state index is -0.00119. The number of fused-ring (bicyclic) bond motifs is 1. The number of carbonyl (C=O) groups is 1. The number of para-hydroxylation sites is 1. The number of benzene rings is 2. The van der Waals surface area contributed by atoms with Crippen LogP contribution in [0.2, 0.25) is 0 Å². The van der Waals surface area contributed by atoms with Crippen molar-refractivity contribution in [3.8, 4) is 17.6 Å². The zero-order valence-corrected chi connectivity index (χ0v) is 14.4. The molecule has 1 amide bonds. The van der Waals surface area contributed by atoms with Gasteiger partial charge >= 0.3 is 0 Å². The van der Waals surface area contributed by atoms with E-state index in [1.807, 2.05) is 29.2 Å². The van der Waals surface area contributed by atoms with Crippen LogP contribution in [-0.4, -0.2) is 43.8 Å². The van der Waals surface area contributed by atoms with E-state index in [0.29, 0.717) is 42.3 Å². The number of nitriles is 1. The van der Waals surface area contributed by atoms with Gasteiger partial charge in [-0.3, -0.25) is 4.79 Å². The lowest BCUT2D eigenvalue weighted by Gasteiger charge is -2.24. The number of hydrogen-bond acceptors (Lipinski definition) is 5. The van der Waals surface area contributed by atoms with Crippen LogP contribution >= 0.6 is 0 Å². The lowest BCUT2D eigenvalue weighted by Crippen LogP contribution is -2.35. The molecule has 1 saturated heterocycles. The van der Waals surface area contributed by atoms with Crippen molar-refractivity contribution < 1.29 is 14.3 Å². The van der Waals surface area contributed by atoms with Gasteiger partial charge in [0, 0.05) is 31.7 Å². The molecule has 0 atom stereocenters. The van der Waals surface area contributed by atoms with Gasteiger partial charge in [0.15, 0.2) is 11.5 Å². The summed E-state index contributed by atoms with van der Waals surface area (Å²) in [5, 5.41) is 9.32. The molecule has 0 spiro atoms. The highest BCUT2D eigenvalue weighted by atomic mass is 16.7. The molecule has 6 heteroatoms. The molecule has 2 aromatic rings. The second kappa shape index (κ2) is 6.96. The summed E-state index contributed by atoms with van der Waals surface area (Å²) < 4.78 is 10.7. The fourth-order valence-corrected chi connectivity index (χ4v) is 3.42. The van der Waals surface area contributed by atoms with E-state index in [1.165, 1.54) is 0 Å². The zero-order chi connectivity index (χ0) is 17.9. The largest absolute Gasteiger partial charge is 0.454 e. The summed E-state index contributed by atoms with van der Waals surface area (Å²) in [6, 6.07) is 15.2. The van der Waals surface area contributed by atoms with Gasteiger partial charge in [0.2, 0.25) is 6.79 Å². The first-order valence-corrected chi connectivity index (χ1v) is 8.69. The molecule has 0 aliphatic carbocycles. The fraction of sp³-hybridized carbons (Fsp3) is 0.300. The van der Waals surface area contributed by atoms with Gasteiger partial charge in [-0.15, -0.1) is 0 Å².